The lowest BCUT2D eigenvalue weighted by atomic mass is 10.2. The largest absolute Gasteiger partial charge is 0.246 e. The average Bonchev–Trinajstić information content (AvgIpc) is 2.32. The molecule has 0 spiro atoms. The first kappa shape index (κ1) is 12.7. The van der Waals surface area contributed by atoms with Gasteiger partial charge in [-0.3, -0.25) is 0 Å². The van der Waals surface area contributed by atoms with E-state index in [2.05, 4.69) is 18.8 Å². The molecule has 0 saturated carbocycles. The molecule has 0 aliphatic carbocycles. The van der Waals surface area contributed by atoms with E-state index in [-0.39, 0.29) is 0 Å². The van der Waals surface area contributed by atoms with Crippen LogP contribution in [0.25, 0.3) is 0 Å². The Morgan fingerprint density at radius 1 is 1.18 bits per heavy atom. The number of aliphatic imine (C=N–C) groups is 1. The topological polar surface area (TPSA) is 12.4 Å². The number of allylic oxidation sites excluding steroid dienone is 2. The fourth-order valence-corrected chi connectivity index (χ4v) is 2.99. The van der Waals surface area contributed by atoms with Crippen LogP contribution >= 0.6 is 23.4 Å². The minimum Gasteiger partial charge on any atom is -0.246 e. The van der Waals surface area contributed by atoms with Crippen molar-refractivity contribution in [2.75, 3.05) is 0 Å². The number of thioether (sulfide) groups is 1. The SMILES string of the molecule is CC(C)=C1CCCC(=Nc2ccc(Cl)cc2)S1. The molecule has 90 valence electrons. The van der Waals surface area contributed by atoms with Gasteiger partial charge in [0.15, 0.2) is 0 Å². The number of benzene rings is 1. The van der Waals surface area contributed by atoms with Crippen LogP contribution in [0.2, 0.25) is 5.02 Å². The summed E-state index contributed by atoms with van der Waals surface area (Å²) < 4.78 is 0. The predicted octanol–water partition coefficient (Wildman–Crippen LogP) is 5.58. The van der Waals surface area contributed by atoms with E-state index in [1.165, 1.54) is 28.4 Å². The smallest absolute Gasteiger partial charge is 0.0783 e. The van der Waals surface area contributed by atoms with Crippen LogP contribution in [0.15, 0.2) is 39.7 Å². The molecule has 0 amide bonds. The van der Waals surface area contributed by atoms with Crippen LogP contribution in [0.3, 0.4) is 0 Å². The Morgan fingerprint density at radius 3 is 2.53 bits per heavy atom. The van der Waals surface area contributed by atoms with Gasteiger partial charge >= 0.3 is 0 Å². The molecule has 1 aromatic carbocycles. The Kier molecular flexibility index (Phi) is 4.30. The number of nitrogens with zero attached hydrogens (tertiary/aromatic N) is 1. The van der Waals surface area contributed by atoms with E-state index in [1.54, 1.807) is 0 Å². The number of hydrogen-bond acceptors (Lipinski definition) is 2. The van der Waals surface area contributed by atoms with Gasteiger partial charge in [-0.1, -0.05) is 28.9 Å². The number of rotatable bonds is 1. The maximum atomic E-state index is 5.86. The lowest BCUT2D eigenvalue weighted by Gasteiger charge is -2.17. The maximum absolute atomic E-state index is 5.86. The monoisotopic (exact) mass is 265 g/mol. The lowest BCUT2D eigenvalue weighted by Crippen LogP contribution is -2.01. The Balaban J connectivity index is 2.17. The standard InChI is InChI=1S/C14H16ClNS/c1-10(2)13-4-3-5-14(17-13)16-12-8-6-11(15)7-9-12/h6-9H,3-5H2,1-2H3. The highest BCUT2D eigenvalue weighted by molar-refractivity contribution is 8.17. The van der Waals surface area contributed by atoms with Crippen LogP contribution in [-0.4, -0.2) is 5.04 Å². The van der Waals surface area contributed by atoms with Gasteiger partial charge in [-0.15, -0.1) is 0 Å². The highest BCUT2D eigenvalue weighted by Crippen LogP contribution is 2.34. The van der Waals surface area contributed by atoms with E-state index in [4.69, 9.17) is 11.6 Å². The van der Waals surface area contributed by atoms with E-state index in [1.807, 2.05) is 36.0 Å². The van der Waals surface area contributed by atoms with Gasteiger partial charge in [0.05, 0.1) is 10.7 Å². The molecule has 1 heterocycles. The van der Waals surface area contributed by atoms with Gasteiger partial charge in [0.25, 0.3) is 0 Å². The zero-order chi connectivity index (χ0) is 12.3. The van der Waals surface area contributed by atoms with Gasteiger partial charge in [0, 0.05) is 5.02 Å². The maximum Gasteiger partial charge on any atom is 0.0783 e. The van der Waals surface area contributed by atoms with Gasteiger partial charge in [-0.25, -0.2) is 4.99 Å². The van der Waals surface area contributed by atoms with Crippen molar-refractivity contribution in [1.82, 2.24) is 0 Å². The summed E-state index contributed by atoms with van der Waals surface area (Å²) in [6.45, 7) is 4.35. The zero-order valence-electron chi connectivity index (χ0n) is 10.2. The molecule has 3 heteroatoms. The van der Waals surface area contributed by atoms with Crippen molar-refractivity contribution in [3.8, 4) is 0 Å². The van der Waals surface area contributed by atoms with E-state index < -0.39 is 0 Å². The second-order valence-electron chi connectivity index (χ2n) is 4.36. The molecule has 0 N–H and O–H groups in total. The van der Waals surface area contributed by atoms with Crippen LogP contribution in [0.4, 0.5) is 5.69 Å². The Bertz CT molecular complexity index is 456. The van der Waals surface area contributed by atoms with Crippen molar-refractivity contribution in [2.24, 2.45) is 4.99 Å². The molecule has 1 aromatic rings. The highest BCUT2D eigenvalue weighted by Gasteiger charge is 2.13. The predicted molar refractivity (Wildman–Crippen MR) is 78.4 cm³/mol. The quantitative estimate of drug-likeness (QED) is 0.646. The van der Waals surface area contributed by atoms with Gasteiger partial charge in [-0.2, -0.15) is 0 Å². The molecule has 1 saturated heterocycles. The third-order valence-corrected chi connectivity index (χ3v) is 4.32. The van der Waals surface area contributed by atoms with E-state index in [0.29, 0.717) is 0 Å². The summed E-state index contributed by atoms with van der Waals surface area (Å²) in [5.74, 6) is 0. The van der Waals surface area contributed by atoms with Crippen molar-refractivity contribution < 1.29 is 0 Å². The molecule has 17 heavy (non-hydrogen) atoms. The van der Waals surface area contributed by atoms with Crippen molar-refractivity contribution >= 4 is 34.1 Å². The average molecular weight is 266 g/mol. The summed E-state index contributed by atoms with van der Waals surface area (Å²) in [6, 6.07) is 7.70. The summed E-state index contributed by atoms with van der Waals surface area (Å²) >= 11 is 7.69. The fraction of sp³-hybridized carbons (Fsp3) is 0.357. The van der Waals surface area contributed by atoms with Gasteiger partial charge in [0.1, 0.15) is 0 Å². The zero-order valence-corrected chi connectivity index (χ0v) is 11.7. The Hall–Kier alpha value is -0.730. The van der Waals surface area contributed by atoms with E-state index in [9.17, 15) is 0 Å². The van der Waals surface area contributed by atoms with E-state index >= 15 is 0 Å². The molecule has 1 aliphatic rings. The summed E-state index contributed by atoms with van der Waals surface area (Å²) in [7, 11) is 0. The first-order valence-corrected chi connectivity index (χ1v) is 7.02. The van der Waals surface area contributed by atoms with Crippen molar-refractivity contribution in [2.45, 2.75) is 33.1 Å². The first-order chi connectivity index (χ1) is 8.15. The second-order valence-corrected chi connectivity index (χ2v) is 5.97. The van der Waals surface area contributed by atoms with Gasteiger partial charge in [0.2, 0.25) is 0 Å². The van der Waals surface area contributed by atoms with Crippen molar-refractivity contribution in [1.29, 1.82) is 0 Å². The molecule has 0 bridgehead atoms. The molecule has 0 atom stereocenters. The van der Waals surface area contributed by atoms with Crippen molar-refractivity contribution in [3.05, 3.63) is 39.8 Å². The fourth-order valence-electron chi connectivity index (χ4n) is 1.73. The molecule has 0 aromatic heterocycles. The van der Waals surface area contributed by atoms with Crippen LogP contribution in [0.5, 0.6) is 0 Å². The summed E-state index contributed by atoms with van der Waals surface area (Å²) in [5.41, 5.74) is 2.41. The third-order valence-electron chi connectivity index (χ3n) is 2.67. The normalized spacial score (nSPS) is 18.5. The molecule has 2 rings (SSSR count). The summed E-state index contributed by atoms with van der Waals surface area (Å²) in [5, 5.41) is 1.98. The van der Waals surface area contributed by atoms with Crippen LogP contribution in [-0.2, 0) is 0 Å². The van der Waals surface area contributed by atoms with Crippen LogP contribution in [0.1, 0.15) is 33.1 Å². The second kappa shape index (κ2) is 5.74. The third kappa shape index (κ3) is 3.62. The number of halogens is 1. The Morgan fingerprint density at radius 2 is 1.88 bits per heavy atom. The summed E-state index contributed by atoms with van der Waals surface area (Å²) in [6.07, 6.45) is 3.50. The minimum absolute atomic E-state index is 0.759. The lowest BCUT2D eigenvalue weighted by molar-refractivity contribution is 0.874. The molecular formula is C14H16ClNS. The van der Waals surface area contributed by atoms with Crippen LogP contribution < -0.4 is 0 Å². The number of hydrogen-bond donors (Lipinski definition) is 0. The first-order valence-electron chi connectivity index (χ1n) is 5.82. The van der Waals surface area contributed by atoms with Crippen LogP contribution in [0, 0.1) is 0 Å². The Labute approximate surface area is 112 Å². The molecule has 0 unspecified atom stereocenters. The molecular weight excluding hydrogens is 250 g/mol. The summed E-state index contributed by atoms with van der Waals surface area (Å²) in [4.78, 5) is 6.15. The minimum atomic E-state index is 0.759. The molecule has 1 aliphatic heterocycles. The van der Waals surface area contributed by atoms with Gasteiger partial charge in [-0.05, 0) is 62.3 Å². The molecule has 1 nitrogen and oxygen atoms in total. The highest BCUT2D eigenvalue weighted by atomic mass is 35.5. The molecule has 0 radical (unpaired) electrons. The van der Waals surface area contributed by atoms with E-state index in [0.717, 1.165) is 17.1 Å². The van der Waals surface area contributed by atoms with Gasteiger partial charge < -0.3 is 0 Å². The van der Waals surface area contributed by atoms with Crippen molar-refractivity contribution in [3.63, 3.8) is 0 Å². The molecule has 1 fully saturated rings.